The third-order valence-electron chi connectivity index (χ3n) is 9.46. The Morgan fingerprint density at radius 3 is 1.74 bits per heavy atom. The predicted octanol–water partition coefficient (Wildman–Crippen LogP) is 9.65. The molecule has 2 spiro atoms. The zero-order valence-electron chi connectivity index (χ0n) is 22.2. The van der Waals surface area contributed by atoms with Gasteiger partial charge in [-0.3, -0.25) is 5.32 Å². The predicted molar refractivity (Wildman–Crippen MR) is 162 cm³/mol. The van der Waals surface area contributed by atoms with Crippen LogP contribution < -0.4 is 14.4 Å². The molecule has 3 fully saturated rings. The van der Waals surface area contributed by atoms with E-state index in [0.717, 1.165) is 58.4 Å². The van der Waals surface area contributed by atoms with E-state index in [4.69, 9.17) is 9.05 Å². The van der Waals surface area contributed by atoms with Crippen LogP contribution in [0.1, 0.15) is 64.2 Å². The van der Waals surface area contributed by atoms with E-state index < -0.39 is 7.60 Å². The van der Waals surface area contributed by atoms with Gasteiger partial charge in [-0.15, -0.1) is 11.8 Å². The molecule has 4 aliphatic rings. The van der Waals surface area contributed by atoms with Crippen molar-refractivity contribution in [2.24, 2.45) is 0 Å². The largest absolute Gasteiger partial charge is 0.449 e. The van der Waals surface area contributed by atoms with E-state index in [-0.39, 0.29) is 15.4 Å². The van der Waals surface area contributed by atoms with E-state index in [0.29, 0.717) is 11.5 Å². The summed E-state index contributed by atoms with van der Waals surface area (Å²) in [5.41, 5.74) is 1.96. The van der Waals surface area contributed by atoms with Crippen LogP contribution in [-0.2, 0) is 4.57 Å². The highest BCUT2D eigenvalue weighted by atomic mass is 32.2. The molecule has 6 heteroatoms. The number of nitrogens with one attached hydrogen (secondary N) is 1. The van der Waals surface area contributed by atoms with Crippen molar-refractivity contribution >= 4 is 40.9 Å². The summed E-state index contributed by atoms with van der Waals surface area (Å²) in [6.07, 6.45) is 11.7. The SMILES string of the molecule is O=P1([C@H]2NC3(CCCCC3)SC23CCCCC3)Oc2ccc3ccccc3c2-c2c(ccc3ccccc23)O1. The second kappa shape index (κ2) is 9.03. The lowest BCUT2D eigenvalue weighted by Gasteiger charge is -2.39. The molecule has 0 unspecified atom stereocenters. The van der Waals surface area contributed by atoms with Gasteiger partial charge in [0.05, 0.1) is 4.87 Å². The minimum Gasteiger partial charge on any atom is -0.414 e. The summed E-state index contributed by atoms with van der Waals surface area (Å²) in [5.74, 6) is 0.981. The molecule has 2 aliphatic heterocycles. The zero-order chi connectivity index (χ0) is 26.1. The number of thioether (sulfide) groups is 1. The second-order valence-electron chi connectivity index (χ2n) is 11.9. The average Bonchev–Trinajstić information content (AvgIpc) is 3.18. The van der Waals surface area contributed by atoms with E-state index in [1.807, 2.05) is 12.1 Å². The first-order chi connectivity index (χ1) is 19.1. The Balaban J connectivity index is 1.36. The summed E-state index contributed by atoms with van der Waals surface area (Å²) >= 11 is 2.09. The molecule has 200 valence electrons. The van der Waals surface area contributed by atoms with Gasteiger partial charge in [-0.2, -0.15) is 0 Å². The van der Waals surface area contributed by atoms with Crippen molar-refractivity contribution in [3.8, 4) is 22.6 Å². The smallest absolute Gasteiger partial charge is 0.414 e. The lowest BCUT2D eigenvalue weighted by molar-refractivity contribution is 0.282. The minimum atomic E-state index is -3.68. The number of benzene rings is 4. The van der Waals surface area contributed by atoms with Gasteiger partial charge in [0.2, 0.25) is 0 Å². The first kappa shape index (κ1) is 24.3. The van der Waals surface area contributed by atoms with Crippen LogP contribution in [0.3, 0.4) is 0 Å². The van der Waals surface area contributed by atoms with Crippen LogP contribution in [0.4, 0.5) is 0 Å². The first-order valence-electron chi connectivity index (χ1n) is 14.6. The van der Waals surface area contributed by atoms with Crippen molar-refractivity contribution < 1.29 is 13.6 Å². The molecule has 4 aromatic rings. The molecule has 4 nitrogen and oxygen atoms in total. The van der Waals surface area contributed by atoms with Gasteiger partial charge in [0.25, 0.3) is 0 Å². The Morgan fingerprint density at radius 1 is 0.667 bits per heavy atom. The van der Waals surface area contributed by atoms with E-state index in [1.54, 1.807) is 0 Å². The normalized spacial score (nSPS) is 24.6. The van der Waals surface area contributed by atoms with E-state index >= 15 is 4.57 Å². The van der Waals surface area contributed by atoms with Crippen molar-refractivity contribution in [2.45, 2.75) is 79.6 Å². The average molecular weight is 556 g/mol. The number of rotatable bonds is 1. The van der Waals surface area contributed by atoms with E-state index in [9.17, 15) is 0 Å². The molecule has 0 aromatic heterocycles. The number of hydrogen-bond acceptors (Lipinski definition) is 5. The molecule has 1 saturated heterocycles. The van der Waals surface area contributed by atoms with Crippen LogP contribution in [0.5, 0.6) is 11.5 Å². The van der Waals surface area contributed by atoms with Gasteiger partial charge in [-0.05, 0) is 59.4 Å². The molecule has 1 atom stereocenters. The van der Waals surface area contributed by atoms with Crippen molar-refractivity contribution in [3.05, 3.63) is 72.8 Å². The van der Waals surface area contributed by atoms with Crippen LogP contribution in [0, 0.1) is 0 Å². The van der Waals surface area contributed by atoms with Crippen LogP contribution in [0.25, 0.3) is 32.7 Å². The maximum atomic E-state index is 15.4. The van der Waals surface area contributed by atoms with Gasteiger partial charge >= 0.3 is 7.60 Å². The molecule has 2 saturated carbocycles. The standard InChI is InChI=1S/C33H34NO3PS/c35-38(31-32(19-7-1-8-20-32)39-33(34-31)21-9-2-10-22-33)36-27-17-15-23-11-3-5-13-25(23)29(27)30-26-14-6-4-12-24(26)16-18-28(30)37-38/h3-6,11-18,31,34H,1-2,7-10,19-22H2/t31-/m1/s1. The summed E-state index contributed by atoms with van der Waals surface area (Å²) in [4.78, 5) is -0.0326. The van der Waals surface area contributed by atoms with Crippen molar-refractivity contribution in [2.75, 3.05) is 0 Å². The Hall–Kier alpha value is -2.46. The maximum absolute atomic E-state index is 15.4. The Bertz CT molecular complexity index is 1550. The van der Waals surface area contributed by atoms with Crippen molar-refractivity contribution in [1.29, 1.82) is 0 Å². The maximum Gasteiger partial charge on any atom is 0.449 e. The number of hydrogen-bond donors (Lipinski definition) is 1. The highest BCUT2D eigenvalue weighted by molar-refractivity contribution is 8.02. The fourth-order valence-corrected chi connectivity index (χ4v) is 12.8. The van der Waals surface area contributed by atoms with E-state index in [1.165, 1.54) is 38.5 Å². The highest BCUT2D eigenvalue weighted by Crippen LogP contribution is 2.69. The molecule has 39 heavy (non-hydrogen) atoms. The third-order valence-corrected chi connectivity index (χ3v) is 13.8. The molecule has 0 amide bonds. The molecule has 0 bridgehead atoms. The summed E-state index contributed by atoms with van der Waals surface area (Å²) < 4.78 is 28.9. The second-order valence-corrected chi connectivity index (χ2v) is 15.6. The summed E-state index contributed by atoms with van der Waals surface area (Å²) in [6, 6.07) is 25.0. The van der Waals surface area contributed by atoms with Crippen LogP contribution >= 0.6 is 19.4 Å². The van der Waals surface area contributed by atoms with Crippen LogP contribution in [-0.4, -0.2) is 15.4 Å². The lowest BCUT2D eigenvalue weighted by atomic mass is 9.87. The summed E-state index contributed by atoms with van der Waals surface area (Å²) in [7, 11) is -3.68. The topological polar surface area (TPSA) is 47.6 Å². The molecule has 4 aromatic carbocycles. The molecule has 0 radical (unpaired) electrons. The van der Waals surface area contributed by atoms with Gasteiger partial charge in [0, 0.05) is 15.9 Å². The van der Waals surface area contributed by atoms with Crippen molar-refractivity contribution in [3.63, 3.8) is 0 Å². The lowest BCUT2D eigenvalue weighted by Crippen LogP contribution is -2.48. The van der Waals surface area contributed by atoms with Crippen LogP contribution in [0.15, 0.2) is 72.8 Å². The van der Waals surface area contributed by atoms with E-state index in [2.05, 4.69) is 77.7 Å². The fourth-order valence-electron chi connectivity index (χ4n) is 7.69. The van der Waals surface area contributed by atoms with Gasteiger partial charge in [-0.25, -0.2) is 4.57 Å². The monoisotopic (exact) mass is 555 g/mol. The Morgan fingerprint density at radius 2 is 1.18 bits per heavy atom. The van der Waals surface area contributed by atoms with Gasteiger partial charge in [-0.1, -0.05) is 99.2 Å². The molecule has 2 heterocycles. The van der Waals surface area contributed by atoms with Gasteiger partial charge in [0.15, 0.2) is 0 Å². The summed E-state index contributed by atoms with van der Waals surface area (Å²) in [5, 5.41) is 8.44. The molecule has 8 rings (SSSR count). The molecular weight excluding hydrogens is 521 g/mol. The molecule has 1 N–H and O–H groups in total. The van der Waals surface area contributed by atoms with Crippen LogP contribution in [0.2, 0.25) is 0 Å². The van der Waals surface area contributed by atoms with Gasteiger partial charge in [0.1, 0.15) is 17.3 Å². The quantitative estimate of drug-likeness (QED) is 0.237. The first-order valence-corrected chi connectivity index (χ1v) is 17.0. The number of fused-ring (bicyclic) bond motifs is 7. The molecule has 2 aliphatic carbocycles. The Labute approximate surface area is 234 Å². The third kappa shape index (κ3) is 3.80. The van der Waals surface area contributed by atoms with Gasteiger partial charge < -0.3 is 9.05 Å². The summed E-state index contributed by atoms with van der Waals surface area (Å²) in [6.45, 7) is 0. The molecular formula is C33H34NO3PS. The Kier molecular flexibility index (Phi) is 5.63. The van der Waals surface area contributed by atoms with Crippen molar-refractivity contribution in [1.82, 2.24) is 5.32 Å². The highest BCUT2D eigenvalue weighted by Gasteiger charge is 2.64. The zero-order valence-corrected chi connectivity index (χ0v) is 23.9. The minimum absolute atomic E-state index is 0.0326. The fraction of sp³-hybridized carbons (Fsp3) is 0.394.